The van der Waals surface area contributed by atoms with E-state index in [1.54, 1.807) is 49.3 Å². The number of benzodiazepines with no additional fused rings is 1. The number of para-hydroxylation sites is 1. The normalized spacial score (nSPS) is 15.4. The van der Waals surface area contributed by atoms with Crippen LogP contribution in [0.15, 0.2) is 71.7 Å². The molecular weight excluding hydrogens is 499 g/mol. The van der Waals surface area contributed by atoms with E-state index in [4.69, 9.17) is 52.0 Å². The summed E-state index contributed by atoms with van der Waals surface area (Å²) in [5, 5.41) is 4.94. The topological polar surface area (TPSA) is 47.9 Å². The Kier molecular flexibility index (Phi) is 6.91. The molecular formula is C24H19Cl3N4OS. The molecule has 4 rings (SSSR count). The molecule has 1 heterocycles. The number of carbonyl (C=O) groups is 1. The second-order valence-electron chi connectivity index (χ2n) is 7.38. The van der Waals surface area contributed by atoms with Crippen LogP contribution in [0.3, 0.4) is 0 Å². The van der Waals surface area contributed by atoms with Gasteiger partial charge < -0.3 is 15.1 Å². The lowest BCUT2D eigenvalue weighted by atomic mass is 10.00. The summed E-state index contributed by atoms with van der Waals surface area (Å²) in [4.78, 5) is 21.4. The summed E-state index contributed by atoms with van der Waals surface area (Å²) in [6.07, 6.45) is -0.995. The van der Waals surface area contributed by atoms with E-state index < -0.39 is 6.17 Å². The number of anilines is 2. The summed E-state index contributed by atoms with van der Waals surface area (Å²) in [5.74, 6) is -0.282. The molecule has 1 N–H and O–H groups in total. The number of nitrogens with zero attached hydrogens (tertiary/aromatic N) is 3. The summed E-state index contributed by atoms with van der Waals surface area (Å²) in [6.45, 7) is 0. The Morgan fingerprint density at radius 3 is 2.36 bits per heavy atom. The summed E-state index contributed by atoms with van der Waals surface area (Å²) in [6, 6.07) is 19.9. The molecule has 1 aliphatic rings. The predicted octanol–water partition coefficient (Wildman–Crippen LogP) is 5.80. The zero-order valence-corrected chi connectivity index (χ0v) is 20.8. The van der Waals surface area contributed by atoms with Crippen molar-refractivity contribution in [1.82, 2.24) is 5.32 Å². The number of fused-ring (bicyclic) bond motifs is 1. The standard InChI is InChI=1S/C24H19Cl3N4OS/c1-30-19-12-11-14(25)13-16(19)21(15-7-3-4-8-17(15)26)28-22(23(30)32)29-24(33)31(2)20-10-6-5-9-18(20)27/h3-13,22H,1-2H3,(H,29,33). The van der Waals surface area contributed by atoms with Crippen LogP contribution in [0, 0.1) is 0 Å². The maximum atomic E-state index is 13.4. The molecule has 3 aromatic rings. The first-order chi connectivity index (χ1) is 15.8. The van der Waals surface area contributed by atoms with E-state index in [1.807, 2.05) is 36.4 Å². The van der Waals surface area contributed by atoms with E-state index in [0.29, 0.717) is 48.4 Å². The van der Waals surface area contributed by atoms with Gasteiger partial charge in [-0.3, -0.25) is 4.79 Å². The highest BCUT2D eigenvalue weighted by Crippen LogP contribution is 2.32. The van der Waals surface area contributed by atoms with Crippen LogP contribution in [0.2, 0.25) is 15.1 Å². The molecule has 0 saturated heterocycles. The number of hydrogen-bond donors (Lipinski definition) is 1. The third-order valence-corrected chi connectivity index (χ3v) is 6.58. The number of likely N-dealkylation sites (N-methyl/N-ethyl adjacent to an activating group) is 1. The van der Waals surface area contributed by atoms with Crippen LogP contribution in [-0.4, -0.2) is 37.0 Å². The largest absolute Gasteiger partial charge is 0.333 e. The average Bonchev–Trinajstić information content (AvgIpc) is 2.89. The monoisotopic (exact) mass is 516 g/mol. The molecule has 3 aromatic carbocycles. The van der Waals surface area contributed by atoms with Gasteiger partial charge in [-0.15, -0.1) is 0 Å². The molecule has 5 nitrogen and oxygen atoms in total. The van der Waals surface area contributed by atoms with Crippen LogP contribution in [-0.2, 0) is 4.79 Å². The Morgan fingerprint density at radius 2 is 1.67 bits per heavy atom. The molecule has 1 unspecified atom stereocenters. The van der Waals surface area contributed by atoms with Gasteiger partial charge in [0.2, 0.25) is 6.17 Å². The van der Waals surface area contributed by atoms with Gasteiger partial charge in [0.1, 0.15) is 0 Å². The molecule has 0 radical (unpaired) electrons. The van der Waals surface area contributed by atoms with Crippen molar-refractivity contribution in [3.05, 3.63) is 92.9 Å². The van der Waals surface area contributed by atoms with Crippen LogP contribution in [0.4, 0.5) is 11.4 Å². The minimum absolute atomic E-state index is 0.282. The fraction of sp³-hybridized carbons (Fsp3) is 0.125. The van der Waals surface area contributed by atoms with Gasteiger partial charge >= 0.3 is 0 Å². The third kappa shape index (κ3) is 4.70. The van der Waals surface area contributed by atoms with Crippen molar-refractivity contribution in [2.45, 2.75) is 6.17 Å². The predicted molar refractivity (Wildman–Crippen MR) is 141 cm³/mol. The highest BCUT2D eigenvalue weighted by molar-refractivity contribution is 7.80. The Morgan fingerprint density at radius 1 is 1.00 bits per heavy atom. The molecule has 1 aliphatic heterocycles. The van der Waals surface area contributed by atoms with Gasteiger partial charge in [-0.25, -0.2) is 4.99 Å². The Bertz CT molecular complexity index is 1280. The molecule has 0 saturated carbocycles. The van der Waals surface area contributed by atoms with Crippen LogP contribution in [0.5, 0.6) is 0 Å². The fourth-order valence-corrected chi connectivity index (χ4v) is 4.43. The van der Waals surface area contributed by atoms with Crippen molar-refractivity contribution in [3.8, 4) is 0 Å². The molecule has 9 heteroatoms. The second-order valence-corrected chi connectivity index (χ2v) is 9.02. The molecule has 0 fully saturated rings. The summed E-state index contributed by atoms with van der Waals surface area (Å²) in [7, 11) is 3.46. The van der Waals surface area contributed by atoms with E-state index in [0.717, 1.165) is 0 Å². The number of hydrogen-bond acceptors (Lipinski definition) is 3. The number of rotatable bonds is 3. The summed E-state index contributed by atoms with van der Waals surface area (Å²) >= 11 is 24.7. The zero-order valence-electron chi connectivity index (χ0n) is 17.7. The van der Waals surface area contributed by atoms with E-state index in [9.17, 15) is 4.79 Å². The van der Waals surface area contributed by atoms with Gasteiger partial charge in [0.05, 0.1) is 22.1 Å². The van der Waals surface area contributed by atoms with Gasteiger partial charge in [-0.1, -0.05) is 65.1 Å². The van der Waals surface area contributed by atoms with Gasteiger partial charge in [-0.05, 0) is 48.6 Å². The van der Waals surface area contributed by atoms with Crippen LogP contribution < -0.4 is 15.1 Å². The number of carbonyl (C=O) groups excluding carboxylic acids is 1. The maximum absolute atomic E-state index is 13.4. The fourth-order valence-electron chi connectivity index (χ4n) is 3.56. The van der Waals surface area contributed by atoms with E-state index in [1.165, 1.54) is 4.90 Å². The Hall–Kier alpha value is -2.64. The zero-order chi connectivity index (χ0) is 23.7. The molecule has 33 heavy (non-hydrogen) atoms. The first-order valence-electron chi connectivity index (χ1n) is 9.97. The lowest BCUT2D eigenvalue weighted by molar-refractivity contribution is -0.119. The molecule has 0 aliphatic carbocycles. The molecule has 0 spiro atoms. The van der Waals surface area contributed by atoms with Crippen LogP contribution in [0.25, 0.3) is 0 Å². The molecule has 0 bridgehead atoms. The van der Waals surface area contributed by atoms with Crippen molar-refractivity contribution < 1.29 is 4.79 Å². The Balaban J connectivity index is 1.78. The SMILES string of the molecule is CN(C(=S)NC1N=C(c2ccccc2Cl)c2cc(Cl)ccc2N(C)C1=O)c1ccccc1Cl. The Labute approximate surface area is 212 Å². The number of thiocarbonyl (C=S) groups is 1. The highest BCUT2D eigenvalue weighted by Gasteiger charge is 2.32. The molecule has 1 amide bonds. The van der Waals surface area contributed by atoms with Crippen molar-refractivity contribution in [1.29, 1.82) is 0 Å². The minimum Gasteiger partial charge on any atom is -0.333 e. The highest BCUT2D eigenvalue weighted by atomic mass is 35.5. The second kappa shape index (κ2) is 9.69. The lowest BCUT2D eigenvalue weighted by Crippen LogP contribution is -2.49. The molecule has 168 valence electrons. The van der Waals surface area contributed by atoms with Crippen molar-refractivity contribution in [2.24, 2.45) is 4.99 Å². The van der Waals surface area contributed by atoms with Gasteiger partial charge in [0, 0.05) is 35.3 Å². The number of amides is 1. The van der Waals surface area contributed by atoms with Crippen molar-refractivity contribution >= 4 is 75.1 Å². The number of aliphatic imine (C=N–C) groups is 1. The van der Waals surface area contributed by atoms with Crippen molar-refractivity contribution in [2.75, 3.05) is 23.9 Å². The molecule has 1 atom stereocenters. The van der Waals surface area contributed by atoms with Gasteiger partial charge in [0.15, 0.2) is 5.11 Å². The number of benzene rings is 3. The van der Waals surface area contributed by atoms with Gasteiger partial charge in [0.25, 0.3) is 5.91 Å². The quantitative estimate of drug-likeness (QED) is 0.446. The average molecular weight is 518 g/mol. The van der Waals surface area contributed by atoms with E-state index >= 15 is 0 Å². The van der Waals surface area contributed by atoms with Crippen molar-refractivity contribution in [3.63, 3.8) is 0 Å². The first-order valence-corrected chi connectivity index (χ1v) is 11.5. The smallest absolute Gasteiger partial charge is 0.272 e. The number of halogens is 3. The van der Waals surface area contributed by atoms with E-state index in [2.05, 4.69) is 5.32 Å². The third-order valence-electron chi connectivity index (χ3n) is 5.31. The maximum Gasteiger partial charge on any atom is 0.272 e. The summed E-state index contributed by atoms with van der Waals surface area (Å²) < 4.78 is 0. The van der Waals surface area contributed by atoms with E-state index in [-0.39, 0.29) is 5.91 Å². The van der Waals surface area contributed by atoms with Crippen LogP contribution in [0.1, 0.15) is 11.1 Å². The van der Waals surface area contributed by atoms with Gasteiger partial charge in [-0.2, -0.15) is 0 Å². The summed E-state index contributed by atoms with van der Waals surface area (Å²) in [5.41, 5.74) is 3.29. The lowest BCUT2D eigenvalue weighted by Gasteiger charge is -2.26. The minimum atomic E-state index is -0.995. The molecule has 0 aromatic heterocycles. The first kappa shape index (κ1) is 23.5. The number of nitrogens with one attached hydrogen (secondary N) is 1. The van der Waals surface area contributed by atoms with Crippen LogP contribution >= 0.6 is 47.0 Å².